The maximum atomic E-state index is 8.97. The van der Waals surface area contributed by atoms with Crippen LogP contribution in [-0.4, -0.2) is 32.2 Å². The standard InChI is InChI=1S/C9H17N3/c1-8(2)9(7-10)12-5-3-11-4-6-12/h8-9,11H,3-6H2,1-2H3/p+2/t9-/m1/s1. The molecule has 12 heavy (non-hydrogen) atoms. The molecule has 0 unspecified atom stereocenters. The Morgan fingerprint density at radius 3 is 2.33 bits per heavy atom. The molecule has 0 aromatic heterocycles. The monoisotopic (exact) mass is 169 g/mol. The molecule has 0 amide bonds. The molecule has 0 bridgehead atoms. The van der Waals surface area contributed by atoms with E-state index in [9.17, 15) is 0 Å². The van der Waals surface area contributed by atoms with Crippen molar-refractivity contribution in [2.45, 2.75) is 19.9 Å². The molecule has 1 atom stereocenters. The fraction of sp³-hybridized carbons (Fsp3) is 0.889. The molecule has 0 aliphatic carbocycles. The molecular formula is C9H19N3+2. The quantitative estimate of drug-likeness (QED) is 0.493. The Bertz CT molecular complexity index is 165. The third-order valence-electron chi connectivity index (χ3n) is 2.58. The third kappa shape index (κ3) is 2.20. The van der Waals surface area contributed by atoms with E-state index in [1.165, 1.54) is 18.0 Å². The van der Waals surface area contributed by atoms with Gasteiger partial charge in [-0.05, 0) is 0 Å². The van der Waals surface area contributed by atoms with Crippen LogP contribution in [0, 0.1) is 17.2 Å². The van der Waals surface area contributed by atoms with Crippen LogP contribution in [0.1, 0.15) is 13.8 Å². The second-order valence-electron chi connectivity index (χ2n) is 3.88. The molecule has 1 saturated heterocycles. The lowest BCUT2D eigenvalue weighted by Crippen LogP contribution is -3.23. The van der Waals surface area contributed by atoms with Crippen molar-refractivity contribution in [1.82, 2.24) is 0 Å². The molecule has 1 rings (SSSR count). The maximum absolute atomic E-state index is 8.97. The first kappa shape index (κ1) is 9.50. The molecule has 1 aliphatic rings. The minimum Gasteiger partial charge on any atom is -0.337 e. The summed E-state index contributed by atoms with van der Waals surface area (Å²) in [7, 11) is 0. The molecule has 0 aromatic carbocycles. The van der Waals surface area contributed by atoms with Gasteiger partial charge in [0, 0.05) is 5.92 Å². The average molecular weight is 169 g/mol. The van der Waals surface area contributed by atoms with Crippen LogP contribution in [0.25, 0.3) is 0 Å². The number of nitrogens with one attached hydrogen (secondary N) is 1. The normalized spacial score (nSPS) is 22.2. The van der Waals surface area contributed by atoms with E-state index in [0.29, 0.717) is 5.92 Å². The summed E-state index contributed by atoms with van der Waals surface area (Å²) in [6, 6.07) is 2.63. The fourth-order valence-electron chi connectivity index (χ4n) is 1.87. The lowest BCUT2D eigenvalue weighted by molar-refractivity contribution is -0.963. The van der Waals surface area contributed by atoms with Crippen LogP contribution in [0.5, 0.6) is 0 Å². The Hall–Kier alpha value is -0.590. The summed E-state index contributed by atoms with van der Waals surface area (Å²) in [6.07, 6.45) is 0. The molecule has 1 aliphatic heterocycles. The van der Waals surface area contributed by atoms with Crippen molar-refractivity contribution in [3.63, 3.8) is 0 Å². The van der Waals surface area contributed by atoms with Crippen LogP contribution < -0.4 is 10.2 Å². The van der Waals surface area contributed by atoms with E-state index in [4.69, 9.17) is 5.26 Å². The topological polar surface area (TPSA) is 44.8 Å². The minimum absolute atomic E-state index is 0.207. The zero-order valence-electron chi connectivity index (χ0n) is 8.01. The number of piperazine rings is 1. The highest BCUT2D eigenvalue weighted by Gasteiger charge is 2.27. The van der Waals surface area contributed by atoms with E-state index < -0.39 is 0 Å². The van der Waals surface area contributed by atoms with Gasteiger partial charge >= 0.3 is 0 Å². The molecule has 0 radical (unpaired) electrons. The maximum Gasteiger partial charge on any atom is 0.177 e. The van der Waals surface area contributed by atoms with Crippen molar-refractivity contribution in [3.05, 3.63) is 0 Å². The molecular weight excluding hydrogens is 150 g/mol. The molecule has 0 saturated carbocycles. The van der Waals surface area contributed by atoms with Gasteiger partial charge < -0.3 is 10.2 Å². The lowest BCUT2D eigenvalue weighted by atomic mass is 10.0. The largest absolute Gasteiger partial charge is 0.337 e. The second-order valence-corrected chi connectivity index (χ2v) is 3.88. The zero-order chi connectivity index (χ0) is 8.97. The van der Waals surface area contributed by atoms with E-state index in [0.717, 1.165) is 13.1 Å². The summed E-state index contributed by atoms with van der Waals surface area (Å²) in [5.74, 6) is 0.489. The summed E-state index contributed by atoms with van der Waals surface area (Å²) >= 11 is 0. The van der Waals surface area contributed by atoms with Crippen LogP contribution in [0.3, 0.4) is 0 Å². The molecule has 1 heterocycles. The Morgan fingerprint density at radius 2 is 1.92 bits per heavy atom. The van der Waals surface area contributed by atoms with Crippen LogP contribution in [0.15, 0.2) is 0 Å². The number of rotatable bonds is 2. The number of nitrogens with zero attached hydrogens (tertiary/aromatic N) is 1. The molecule has 3 N–H and O–H groups in total. The van der Waals surface area contributed by atoms with Gasteiger partial charge in [0.2, 0.25) is 0 Å². The Kier molecular flexibility index (Phi) is 3.51. The molecule has 0 aromatic rings. The van der Waals surface area contributed by atoms with Crippen LogP contribution >= 0.6 is 0 Å². The first-order valence-electron chi connectivity index (χ1n) is 4.81. The van der Waals surface area contributed by atoms with Gasteiger partial charge in [-0.25, -0.2) is 0 Å². The van der Waals surface area contributed by atoms with Crippen molar-refractivity contribution in [2.24, 2.45) is 5.92 Å². The van der Waals surface area contributed by atoms with E-state index in [1.807, 2.05) is 0 Å². The first-order chi connectivity index (χ1) is 5.75. The number of quaternary nitrogens is 2. The van der Waals surface area contributed by atoms with Gasteiger partial charge in [0.05, 0.1) is 0 Å². The molecule has 3 nitrogen and oxygen atoms in total. The van der Waals surface area contributed by atoms with Gasteiger partial charge in [0.25, 0.3) is 0 Å². The predicted octanol–water partition coefficient (Wildman–Crippen LogP) is -2.00. The van der Waals surface area contributed by atoms with Crippen LogP contribution in [0.4, 0.5) is 0 Å². The van der Waals surface area contributed by atoms with Crippen molar-refractivity contribution >= 4 is 0 Å². The van der Waals surface area contributed by atoms with Crippen molar-refractivity contribution in [2.75, 3.05) is 26.2 Å². The molecule has 1 fully saturated rings. The summed E-state index contributed by atoms with van der Waals surface area (Å²) in [6.45, 7) is 8.94. The highest BCUT2D eigenvalue weighted by molar-refractivity contribution is 4.85. The van der Waals surface area contributed by atoms with E-state index >= 15 is 0 Å². The molecule has 3 heteroatoms. The van der Waals surface area contributed by atoms with Crippen LogP contribution in [-0.2, 0) is 0 Å². The van der Waals surface area contributed by atoms with Crippen molar-refractivity contribution in [3.8, 4) is 6.07 Å². The van der Waals surface area contributed by atoms with Gasteiger partial charge in [-0.1, -0.05) is 13.8 Å². The summed E-state index contributed by atoms with van der Waals surface area (Å²) in [5.41, 5.74) is 0. The smallest absolute Gasteiger partial charge is 0.177 e. The van der Waals surface area contributed by atoms with Gasteiger partial charge in [-0.2, -0.15) is 5.26 Å². The third-order valence-corrected chi connectivity index (χ3v) is 2.58. The number of nitrogens with two attached hydrogens (primary N) is 1. The van der Waals surface area contributed by atoms with E-state index in [-0.39, 0.29) is 6.04 Å². The number of nitriles is 1. The van der Waals surface area contributed by atoms with Gasteiger partial charge in [-0.15, -0.1) is 0 Å². The van der Waals surface area contributed by atoms with Crippen molar-refractivity contribution in [1.29, 1.82) is 5.26 Å². The highest BCUT2D eigenvalue weighted by Crippen LogP contribution is 1.95. The SMILES string of the molecule is CC(C)[C@@H](C#N)[NH+]1CC[NH2+]CC1. The second kappa shape index (κ2) is 4.44. The molecule has 68 valence electrons. The van der Waals surface area contributed by atoms with E-state index in [1.54, 1.807) is 0 Å². The molecule has 0 spiro atoms. The Balaban J connectivity index is 2.47. The van der Waals surface area contributed by atoms with E-state index in [2.05, 4.69) is 25.2 Å². The first-order valence-corrected chi connectivity index (χ1v) is 4.81. The van der Waals surface area contributed by atoms with Gasteiger partial charge in [0.15, 0.2) is 6.04 Å². The summed E-state index contributed by atoms with van der Waals surface area (Å²) < 4.78 is 0. The highest BCUT2D eigenvalue weighted by atomic mass is 15.2. The number of hydrogen-bond donors (Lipinski definition) is 2. The lowest BCUT2D eigenvalue weighted by Gasteiger charge is -2.28. The average Bonchev–Trinajstić information content (AvgIpc) is 2.07. The Labute approximate surface area is 74.4 Å². The van der Waals surface area contributed by atoms with Crippen molar-refractivity contribution < 1.29 is 10.2 Å². The zero-order valence-corrected chi connectivity index (χ0v) is 8.01. The van der Waals surface area contributed by atoms with Gasteiger partial charge in [-0.3, -0.25) is 0 Å². The Morgan fingerprint density at radius 1 is 1.33 bits per heavy atom. The fourth-order valence-corrected chi connectivity index (χ4v) is 1.87. The predicted molar refractivity (Wildman–Crippen MR) is 46.6 cm³/mol. The van der Waals surface area contributed by atoms with Gasteiger partial charge in [0.1, 0.15) is 32.2 Å². The minimum atomic E-state index is 0.207. The van der Waals surface area contributed by atoms with Crippen LogP contribution in [0.2, 0.25) is 0 Å². The summed E-state index contributed by atoms with van der Waals surface area (Å²) in [4.78, 5) is 1.48. The summed E-state index contributed by atoms with van der Waals surface area (Å²) in [5, 5.41) is 11.3. The number of hydrogen-bond acceptors (Lipinski definition) is 1.